The van der Waals surface area contributed by atoms with Gasteiger partial charge in [-0.05, 0) is 39.3 Å². The van der Waals surface area contributed by atoms with Crippen LogP contribution in [0.4, 0.5) is 0 Å². The fourth-order valence-electron chi connectivity index (χ4n) is 0.842. The first-order valence-electron chi connectivity index (χ1n) is 4.72. The molecular formula is C9H14ClN3O2. The van der Waals surface area contributed by atoms with E-state index < -0.39 is 0 Å². The lowest BCUT2D eigenvalue weighted by molar-refractivity contribution is 0.196. The summed E-state index contributed by atoms with van der Waals surface area (Å²) < 4.78 is 10.6. The van der Waals surface area contributed by atoms with Gasteiger partial charge in [-0.3, -0.25) is 0 Å². The van der Waals surface area contributed by atoms with Crippen LogP contribution in [0.5, 0.6) is 12.0 Å². The van der Waals surface area contributed by atoms with Crippen LogP contribution in [0.3, 0.4) is 0 Å². The summed E-state index contributed by atoms with van der Waals surface area (Å²) in [6.45, 7) is 7.50. The van der Waals surface area contributed by atoms with E-state index in [1.165, 1.54) is 0 Å². The second kappa shape index (κ2) is 5.11. The molecule has 0 fully saturated rings. The van der Waals surface area contributed by atoms with Gasteiger partial charge in [0, 0.05) is 0 Å². The van der Waals surface area contributed by atoms with Gasteiger partial charge in [0.05, 0.1) is 12.2 Å². The van der Waals surface area contributed by atoms with Crippen molar-refractivity contribution in [3.05, 3.63) is 5.28 Å². The summed E-state index contributed by atoms with van der Waals surface area (Å²) in [7, 11) is 0. The van der Waals surface area contributed by atoms with Gasteiger partial charge in [0.2, 0.25) is 5.28 Å². The molecule has 15 heavy (non-hydrogen) atoms. The van der Waals surface area contributed by atoms with E-state index in [4.69, 9.17) is 21.1 Å². The molecule has 1 rings (SSSR count). The van der Waals surface area contributed by atoms with E-state index in [0.29, 0.717) is 0 Å². The molecule has 6 heteroatoms. The standard InChI is InChI=1S/C9H14ClN3O2/c1-5(2)14-8-11-7(10)12-9(13-8)15-6(3)4/h5-6H,1-4H3. The lowest BCUT2D eigenvalue weighted by atomic mass is 10.5. The van der Waals surface area contributed by atoms with Crippen molar-refractivity contribution in [2.45, 2.75) is 39.9 Å². The summed E-state index contributed by atoms with van der Waals surface area (Å²) in [5.74, 6) is 0. The van der Waals surface area contributed by atoms with Gasteiger partial charge in [-0.25, -0.2) is 0 Å². The quantitative estimate of drug-likeness (QED) is 0.794. The molecule has 84 valence electrons. The molecule has 1 aromatic heterocycles. The minimum Gasteiger partial charge on any atom is -0.461 e. The number of nitrogens with zero attached hydrogens (tertiary/aromatic N) is 3. The van der Waals surface area contributed by atoms with E-state index in [9.17, 15) is 0 Å². The van der Waals surface area contributed by atoms with Crippen LogP contribution in [-0.2, 0) is 0 Å². The predicted octanol–water partition coefficient (Wildman–Crippen LogP) is 2.10. The molecule has 0 aliphatic carbocycles. The third-order valence-corrected chi connectivity index (χ3v) is 1.42. The SMILES string of the molecule is CC(C)Oc1nc(Cl)nc(OC(C)C)n1. The Morgan fingerprint density at radius 1 is 0.867 bits per heavy atom. The lowest BCUT2D eigenvalue weighted by Crippen LogP contribution is -2.12. The van der Waals surface area contributed by atoms with Crippen molar-refractivity contribution in [2.24, 2.45) is 0 Å². The fourth-order valence-corrected chi connectivity index (χ4v) is 0.986. The summed E-state index contributed by atoms with van der Waals surface area (Å²) in [5.41, 5.74) is 0. The number of halogens is 1. The summed E-state index contributed by atoms with van der Waals surface area (Å²) in [5, 5.41) is 0.0660. The van der Waals surface area contributed by atoms with Crippen LogP contribution >= 0.6 is 11.6 Å². The van der Waals surface area contributed by atoms with Gasteiger partial charge in [-0.2, -0.15) is 9.97 Å². The second-order valence-electron chi connectivity index (χ2n) is 3.50. The van der Waals surface area contributed by atoms with Crippen molar-refractivity contribution < 1.29 is 9.47 Å². The molecule has 0 amide bonds. The first-order chi connectivity index (χ1) is 6.97. The molecule has 0 N–H and O–H groups in total. The molecule has 0 bridgehead atoms. The number of aromatic nitrogens is 3. The van der Waals surface area contributed by atoms with Gasteiger partial charge >= 0.3 is 12.0 Å². The van der Waals surface area contributed by atoms with Crippen molar-refractivity contribution in [3.63, 3.8) is 0 Å². The Bertz CT molecular complexity index is 303. The minimum atomic E-state index is -0.0182. The van der Waals surface area contributed by atoms with Gasteiger partial charge in [-0.1, -0.05) is 0 Å². The molecular weight excluding hydrogens is 218 g/mol. The normalized spacial score (nSPS) is 10.9. The minimum absolute atomic E-state index is 0.0182. The largest absolute Gasteiger partial charge is 0.461 e. The van der Waals surface area contributed by atoms with E-state index in [1.54, 1.807) is 0 Å². The molecule has 0 aliphatic rings. The van der Waals surface area contributed by atoms with Crippen molar-refractivity contribution in [1.82, 2.24) is 15.0 Å². The van der Waals surface area contributed by atoms with Crippen LogP contribution in [-0.4, -0.2) is 27.2 Å². The molecule has 0 aliphatic heterocycles. The van der Waals surface area contributed by atoms with Crippen molar-refractivity contribution in [1.29, 1.82) is 0 Å². The van der Waals surface area contributed by atoms with Gasteiger partial charge in [0.15, 0.2) is 0 Å². The molecule has 0 saturated carbocycles. The zero-order valence-electron chi connectivity index (χ0n) is 9.19. The molecule has 0 unspecified atom stereocenters. The molecule has 0 aromatic carbocycles. The Morgan fingerprint density at radius 3 is 1.60 bits per heavy atom. The molecule has 0 radical (unpaired) electrons. The number of ether oxygens (including phenoxy) is 2. The molecule has 5 nitrogen and oxygen atoms in total. The Balaban J connectivity index is 2.84. The predicted molar refractivity (Wildman–Crippen MR) is 56.4 cm³/mol. The van der Waals surface area contributed by atoms with Crippen LogP contribution in [0.15, 0.2) is 0 Å². The maximum atomic E-state index is 5.69. The molecule has 0 spiro atoms. The Labute approximate surface area is 93.8 Å². The molecule has 1 heterocycles. The summed E-state index contributed by atoms with van der Waals surface area (Å²) in [4.78, 5) is 11.6. The van der Waals surface area contributed by atoms with Gasteiger partial charge in [0.25, 0.3) is 0 Å². The third kappa shape index (κ3) is 4.29. The second-order valence-corrected chi connectivity index (χ2v) is 3.84. The third-order valence-electron chi connectivity index (χ3n) is 1.25. The van der Waals surface area contributed by atoms with Gasteiger partial charge in [0.1, 0.15) is 0 Å². The summed E-state index contributed by atoms with van der Waals surface area (Å²) >= 11 is 5.69. The summed E-state index contributed by atoms with van der Waals surface area (Å²) in [6.07, 6.45) is -0.0364. The highest BCUT2D eigenvalue weighted by Gasteiger charge is 2.09. The Kier molecular flexibility index (Phi) is 4.08. The average Bonchev–Trinajstić information content (AvgIpc) is 1.98. The highest BCUT2D eigenvalue weighted by atomic mass is 35.5. The monoisotopic (exact) mass is 231 g/mol. The maximum absolute atomic E-state index is 5.69. The number of rotatable bonds is 4. The van der Waals surface area contributed by atoms with E-state index in [2.05, 4.69) is 15.0 Å². The number of hydrogen-bond acceptors (Lipinski definition) is 5. The Morgan fingerprint density at radius 2 is 1.27 bits per heavy atom. The van der Waals surface area contributed by atoms with Crippen LogP contribution in [0.1, 0.15) is 27.7 Å². The van der Waals surface area contributed by atoms with Crippen molar-refractivity contribution in [2.75, 3.05) is 0 Å². The van der Waals surface area contributed by atoms with Crippen molar-refractivity contribution >= 4 is 11.6 Å². The summed E-state index contributed by atoms with van der Waals surface area (Å²) in [6, 6.07) is 0.362. The van der Waals surface area contributed by atoms with Crippen LogP contribution in [0.2, 0.25) is 5.28 Å². The Hall–Kier alpha value is -1.10. The molecule has 0 saturated heterocycles. The average molecular weight is 232 g/mol. The van der Waals surface area contributed by atoms with Crippen LogP contribution in [0.25, 0.3) is 0 Å². The highest BCUT2D eigenvalue weighted by Crippen LogP contribution is 2.14. The van der Waals surface area contributed by atoms with Crippen LogP contribution in [0, 0.1) is 0 Å². The smallest absolute Gasteiger partial charge is 0.324 e. The van der Waals surface area contributed by atoms with Crippen LogP contribution < -0.4 is 9.47 Å². The van der Waals surface area contributed by atoms with Gasteiger partial charge in [-0.15, -0.1) is 4.98 Å². The van der Waals surface area contributed by atoms with E-state index >= 15 is 0 Å². The highest BCUT2D eigenvalue weighted by molar-refractivity contribution is 6.28. The zero-order valence-corrected chi connectivity index (χ0v) is 9.95. The fraction of sp³-hybridized carbons (Fsp3) is 0.667. The lowest BCUT2D eigenvalue weighted by Gasteiger charge is -2.10. The van der Waals surface area contributed by atoms with Crippen molar-refractivity contribution in [3.8, 4) is 12.0 Å². The maximum Gasteiger partial charge on any atom is 0.324 e. The van der Waals surface area contributed by atoms with E-state index in [0.717, 1.165) is 0 Å². The zero-order chi connectivity index (χ0) is 11.4. The molecule has 0 atom stereocenters. The first kappa shape index (κ1) is 12.0. The number of hydrogen-bond donors (Lipinski definition) is 0. The topological polar surface area (TPSA) is 57.1 Å². The van der Waals surface area contributed by atoms with E-state index in [1.807, 2.05) is 27.7 Å². The van der Waals surface area contributed by atoms with E-state index in [-0.39, 0.29) is 29.5 Å². The first-order valence-corrected chi connectivity index (χ1v) is 5.10. The molecule has 1 aromatic rings. The van der Waals surface area contributed by atoms with Gasteiger partial charge < -0.3 is 9.47 Å².